The molecule has 5 nitrogen and oxygen atoms in total. The van der Waals surface area contributed by atoms with Gasteiger partial charge in [-0.1, -0.05) is 30.9 Å². The van der Waals surface area contributed by atoms with Crippen molar-refractivity contribution in [2.24, 2.45) is 17.3 Å². The van der Waals surface area contributed by atoms with E-state index >= 15 is 0 Å². The minimum absolute atomic E-state index is 0.106. The summed E-state index contributed by atoms with van der Waals surface area (Å²) in [5.41, 5.74) is 2.51. The van der Waals surface area contributed by atoms with E-state index in [0.717, 1.165) is 29.3 Å². The normalized spacial score (nSPS) is 16.3. The summed E-state index contributed by atoms with van der Waals surface area (Å²) >= 11 is 5.27. The molecule has 2 N–H and O–H groups in total. The maximum Gasteiger partial charge on any atom is 0.220 e. The van der Waals surface area contributed by atoms with Gasteiger partial charge < -0.3 is 15.0 Å². The molecule has 1 aliphatic rings. The second kappa shape index (κ2) is 6.66. The molecule has 0 amide bonds. The largest absolute Gasteiger partial charge is 0.493 e. The fraction of sp³-hybridized carbons (Fsp3) is 0.471. The zero-order valence-corrected chi connectivity index (χ0v) is 14.4. The van der Waals surface area contributed by atoms with Crippen LogP contribution in [0.4, 0.5) is 5.69 Å². The van der Waals surface area contributed by atoms with Crippen LogP contribution in [-0.4, -0.2) is 20.8 Å². The molecule has 1 aromatic carbocycles. The zero-order chi connectivity index (χ0) is 16.4. The summed E-state index contributed by atoms with van der Waals surface area (Å²) in [6.45, 7) is 2.01. The average Bonchev–Trinajstić information content (AvgIpc) is 2.77. The van der Waals surface area contributed by atoms with Gasteiger partial charge >= 0.3 is 0 Å². The predicted octanol–water partition coefficient (Wildman–Crippen LogP) is 4.48. The lowest BCUT2D eigenvalue weighted by Crippen LogP contribution is -2.33. The SMILES string of the molecule is Cc1ccc2c(c1)c(N=NC(=S)NC1CCCCC1)c(O)n2C. The first-order chi connectivity index (χ1) is 11.1. The van der Waals surface area contributed by atoms with Gasteiger partial charge in [-0.25, -0.2) is 0 Å². The van der Waals surface area contributed by atoms with Crippen LogP contribution in [0.3, 0.4) is 0 Å². The molecule has 1 heterocycles. The van der Waals surface area contributed by atoms with Gasteiger partial charge in [0.15, 0.2) is 5.69 Å². The maximum atomic E-state index is 10.3. The van der Waals surface area contributed by atoms with Gasteiger partial charge in [-0.2, -0.15) is 0 Å². The third kappa shape index (κ3) is 3.37. The standard InChI is InChI=1S/C17H22N4OS/c1-11-8-9-14-13(10-11)15(16(22)21(14)2)19-20-17(23)18-12-6-4-3-5-7-12/h8-10,12,22H,3-7H2,1-2H3,(H,18,23). The van der Waals surface area contributed by atoms with Crippen molar-refractivity contribution in [2.75, 3.05) is 0 Å². The fourth-order valence-corrected chi connectivity index (χ4v) is 3.38. The number of aromatic nitrogens is 1. The molecular weight excluding hydrogens is 308 g/mol. The van der Waals surface area contributed by atoms with E-state index in [0.29, 0.717) is 16.8 Å². The highest BCUT2D eigenvalue weighted by molar-refractivity contribution is 7.80. The van der Waals surface area contributed by atoms with Crippen molar-refractivity contribution in [3.05, 3.63) is 23.8 Å². The number of azo groups is 1. The molecule has 122 valence electrons. The van der Waals surface area contributed by atoms with Crippen LogP contribution in [0.25, 0.3) is 10.9 Å². The summed E-state index contributed by atoms with van der Waals surface area (Å²) < 4.78 is 1.71. The number of fused-ring (bicyclic) bond motifs is 1. The third-order valence-electron chi connectivity index (χ3n) is 4.47. The highest BCUT2D eigenvalue weighted by Gasteiger charge is 2.16. The van der Waals surface area contributed by atoms with E-state index in [9.17, 15) is 5.11 Å². The first-order valence-corrected chi connectivity index (χ1v) is 8.47. The minimum atomic E-state index is 0.106. The molecule has 1 fully saturated rings. The predicted molar refractivity (Wildman–Crippen MR) is 96.4 cm³/mol. The number of aryl methyl sites for hydroxylation is 2. The van der Waals surface area contributed by atoms with Crippen LogP contribution in [-0.2, 0) is 7.05 Å². The van der Waals surface area contributed by atoms with E-state index in [1.54, 1.807) is 4.57 Å². The second-order valence-electron chi connectivity index (χ2n) is 6.24. The highest BCUT2D eigenvalue weighted by atomic mass is 32.1. The Bertz CT molecular complexity index is 760. The quantitative estimate of drug-likeness (QED) is 0.630. The highest BCUT2D eigenvalue weighted by Crippen LogP contribution is 2.38. The molecular formula is C17H22N4OS. The van der Waals surface area contributed by atoms with Gasteiger partial charge in [0, 0.05) is 18.5 Å². The van der Waals surface area contributed by atoms with E-state index in [1.165, 1.54) is 19.3 Å². The molecule has 3 rings (SSSR count). The fourth-order valence-electron chi connectivity index (χ4n) is 3.17. The number of nitrogens with one attached hydrogen (secondary N) is 1. The van der Waals surface area contributed by atoms with Gasteiger partial charge in [-0.15, -0.1) is 10.2 Å². The lowest BCUT2D eigenvalue weighted by Gasteiger charge is -2.22. The minimum Gasteiger partial charge on any atom is -0.493 e. The van der Waals surface area contributed by atoms with Crippen molar-refractivity contribution in [2.45, 2.75) is 45.1 Å². The molecule has 0 bridgehead atoms. The van der Waals surface area contributed by atoms with Gasteiger partial charge in [-0.05, 0) is 44.1 Å². The number of hydrogen-bond acceptors (Lipinski definition) is 3. The smallest absolute Gasteiger partial charge is 0.220 e. The van der Waals surface area contributed by atoms with Crippen molar-refractivity contribution >= 4 is 33.9 Å². The van der Waals surface area contributed by atoms with Crippen molar-refractivity contribution in [1.29, 1.82) is 0 Å². The molecule has 0 unspecified atom stereocenters. The van der Waals surface area contributed by atoms with Gasteiger partial charge in [-0.3, -0.25) is 0 Å². The van der Waals surface area contributed by atoms with Crippen LogP contribution in [0.2, 0.25) is 0 Å². The molecule has 23 heavy (non-hydrogen) atoms. The van der Waals surface area contributed by atoms with Gasteiger partial charge in [0.2, 0.25) is 11.0 Å². The Balaban J connectivity index is 1.81. The Labute approximate surface area is 141 Å². The molecule has 0 radical (unpaired) electrons. The summed E-state index contributed by atoms with van der Waals surface area (Å²) in [6, 6.07) is 6.39. The topological polar surface area (TPSA) is 61.9 Å². The Kier molecular flexibility index (Phi) is 4.61. The van der Waals surface area contributed by atoms with Crippen LogP contribution in [0, 0.1) is 6.92 Å². The van der Waals surface area contributed by atoms with Gasteiger partial charge in [0.05, 0.1) is 5.52 Å². The van der Waals surface area contributed by atoms with Crippen molar-refractivity contribution in [3.8, 4) is 5.88 Å². The number of thiocarbonyl (C=S) groups is 1. The summed E-state index contributed by atoms with van der Waals surface area (Å²) in [4.78, 5) is 0. The molecule has 0 spiro atoms. The molecule has 0 atom stereocenters. The monoisotopic (exact) mass is 330 g/mol. The van der Waals surface area contributed by atoms with Crippen LogP contribution in [0.5, 0.6) is 5.88 Å². The number of aromatic hydroxyl groups is 1. The molecule has 2 aromatic rings. The molecule has 0 saturated heterocycles. The first-order valence-electron chi connectivity index (χ1n) is 8.06. The number of hydrogen-bond donors (Lipinski definition) is 2. The summed E-state index contributed by atoms with van der Waals surface area (Å²) in [5, 5.41) is 23.1. The lowest BCUT2D eigenvalue weighted by molar-refractivity contribution is 0.414. The summed E-state index contributed by atoms with van der Waals surface area (Å²) in [6.07, 6.45) is 6.04. The number of benzene rings is 1. The van der Waals surface area contributed by atoms with Crippen LogP contribution >= 0.6 is 12.2 Å². The van der Waals surface area contributed by atoms with E-state index in [2.05, 4.69) is 15.5 Å². The van der Waals surface area contributed by atoms with Crippen molar-refractivity contribution in [3.63, 3.8) is 0 Å². The lowest BCUT2D eigenvalue weighted by atomic mass is 9.96. The Morgan fingerprint density at radius 1 is 1.30 bits per heavy atom. The van der Waals surface area contributed by atoms with Gasteiger partial charge in [0.1, 0.15) is 0 Å². The van der Waals surface area contributed by atoms with Crippen molar-refractivity contribution < 1.29 is 5.11 Å². The zero-order valence-electron chi connectivity index (χ0n) is 13.5. The molecule has 1 aromatic heterocycles. The average molecular weight is 330 g/mol. The van der Waals surface area contributed by atoms with Crippen molar-refractivity contribution in [1.82, 2.24) is 9.88 Å². The summed E-state index contributed by atoms with van der Waals surface area (Å²) in [5.74, 6) is 0.106. The maximum absolute atomic E-state index is 10.3. The van der Waals surface area contributed by atoms with E-state index < -0.39 is 0 Å². The van der Waals surface area contributed by atoms with Gasteiger partial charge in [0.25, 0.3) is 0 Å². The van der Waals surface area contributed by atoms with E-state index in [-0.39, 0.29) is 5.88 Å². The second-order valence-corrected chi connectivity index (χ2v) is 6.62. The van der Waals surface area contributed by atoms with E-state index in [4.69, 9.17) is 12.2 Å². The van der Waals surface area contributed by atoms with Crippen LogP contribution < -0.4 is 5.32 Å². The summed E-state index contributed by atoms with van der Waals surface area (Å²) in [7, 11) is 1.81. The van der Waals surface area contributed by atoms with Crippen LogP contribution in [0.15, 0.2) is 28.4 Å². The van der Waals surface area contributed by atoms with E-state index in [1.807, 2.05) is 32.2 Å². The number of rotatable bonds is 2. The third-order valence-corrected chi connectivity index (χ3v) is 4.67. The Morgan fingerprint density at radius 3 is 2.78 bits per heavy atom. The molecule has 0 aliphatic heterocycles. The number of nitrogens with zero attached hydrogens (tertiary/aromatic N) is 3. The molecule has 1 aliphatic carbocycles. The van der Waals surface area contributed by atoms with Crippen LogP contribution in [0.1, 0.15) is 37.7 Å². The molecule has 6 heteroatoms. The molecule has 1 saturated carbocycles. The Morgan fingerprint density at radius 2 is 2.04 bits per heavy atom. The first kappa shape index (κ1) is 15.9. The Hall–Kier alpha value is -1.95.